The molecule has 0 saturated heterocycles. The highest BCUT2D eigenvalue weighted by molar-refractivity contribution is 7.91. The number of thiocarbonyl (C=S) groups is 1. The molecule has 1 aliphatic carbocycles. The molecule has 7 heteroatoms. The number of hydrogen-bond acceptors (Lipinski definition) is 5. The molecule has 1 aromatic carbocycles. The molecule has 0 heterocycles. The Morgan fingerprint density at radius 1 is 1.29 bits per heavy atom. The third kappa shape index (κ3) is 4.47. The van der Waals surface area contributed by atoms with Crippen molar-refractivity contribution in [2.75, 3.05) is 25.4 Å². The van der Waals surface area contributed by atoms with Crippen LogP contribution in [0.2, 0.25) is 0 Å². The molecule has 0 unspecified atom stereocenters. The minimum atomic E-state index is -3.33. The van der Waals surface area contributed by atoms with Gasteiger partial charge in [-0.2, -0.15) is 0 Å². The molecular formula is C14H20N2O3S2. The van der Waals surface area contributed by atoms with E-state index in [1.807, 2.05) is 4.90 Å². The van der Waals surface area contributed by atoms with Gasteiger partial charge in [-0.3, -0.25) is 4.90 Å². The monoisotopic (exact) mass is 328 g/mol. The van der Waals surface area contributed by atoms with Crippen LogP contribution in [0.1, 0.15) is 18.4 Å². The van der Waals surface area contributed by atoms with Crippen molar-refractivity contribution in [3.05, 3.63) is 29.8 Å². The second-order valence-corrected chi connectivity index (χ2v) is 7.75. The first-order chi connectivity index (χ1) is 9.94. The minimum absolute atomic E-state index is 0.0515. The van der Waals surface area contributed by atoms with Gasteiger partial charge in [0.2, 0.25) is 0 Å². The Morgan fingerprint density at radius 2 is 1.90 bits per heavy atom. The Labute approximate surface area is 130 Å². The minimum Gasteiger partial charge on any atom is -0.395 e. The van der Waals surface area contributed by atoms with Crippen LogP contribution in [-0.2, 0) is 9.84 Å². The molecule has 0 aliphatic heterocycles. The molecule has 0 aromatic heterocycles. The van der Waals surface area contributed by atoms with Crippen molar-refractivity contribution in [1.29, 1.82) is 0 Å². The van der Waals surface area contributed by atoms with Gasteiger partial charge in [-0.25, -0.2) is 8.42 Å². The third-order valence-corrected chi connectivity index (χ3v) is 5.54. The van der Waals surface area contributed by atoms with Crippen molar-refractivity contribution >= 4 is 27.0 Å². The lowest BCUT2D eigenvalue weighted by molar-refractivity contribution is 0.196. The fourth-order valence-electron chi connectivity index (χ4n) is 2.23. The van der Waals surface area contributed by atoms with E-state index in [0.29, 0.717) is 24.7 Å². The smallest absolute Gasteiger partial charge is 0.179 e. The van der Waals surface area contributed by atoms with E-state index in [0.717, 1.165) is 12.8 Å². The zero-order valence-electron chi connectivity index (χ0n) is 11.7. The fourth-order valence-corrected chi connectivity index (χ4v) is 3.62. The molecule has 5 nitrogen and oxygen atoms in total. The first kappa shape index (κ1) is 16.4. The van der Waals surface area contributed by atoms with E-state index >= 15 is 0 Å². The Bertz CT molecular complexity index is 595. The van der Waals surface area contributed by atoms with Crippen LogP contribution in [0.5, 0.6) is 0 Å². The highest BCUT2D eigenvalue weighted by atomic mass is 32.2. The lowest BCUT2D eigenvalue weighted by atomic mass is 10.2. The second kappa shape index (κ2) is 6.83. The van der Waals surface area contributed by atoms with Gasteiger partial charge in [0, 0.05) is 24.7 Å². The maximum absolute atomic E-state index is 12.3. The van der Waals surface area contributed by atoms with Crippen LogP contribution in [0.4, 0.5) is 0 Å². The number of benzene rings is 1. The van der Waals surface area contributed by atoms with Crippen molar-refractivity contribution in [1.82, 2.24) is 4.90 Å². The largest absolute Gasteiger partial charge is 0.395 e. The van der Waals surface area contributed by atoms with Crippen LogP contribution in [0.15, 0.2) is 29.2 Å². The number of sulfone groups is 1. The molecular weight excluding hydrogens is 308 g/mol. The number of hydrogen-bond donors (Lipinski definition) is 2. The second-order valence-electron chi connectivity index (χ2n) is 5.20. The lowest BCUT2D eigenvalue weighted by Crippen LogP contribution is -2.33. The van der Waals surface area contributed by atoms with Gasteiger partial charge in [0.15, 0.2) is 9.84 Å². The number of aliphatic hydroxyl groups is 1. The van der Waals surface area contributed by atoms with Crippen LogP contribution in [0.25, 0.3) is 0 Å². The first-order valence-electron chi connectivity index (χ1n) is 6.91. The highest BCUT2D eigenvalue weighted by Crippen LogP contribution is 2.26. The molecule has 0 bridgehead atoms. The summed E-state index contributed by atoms with van der Waals surface area (Å²) in [5.41, 5.74) is 6.15. The van der Waals surface area contributed by atoms with Gasteiger partial charge in [-0.05, 0) is 25.0 Å². The molecule has 1 aliphatic rings. The molecule has 0 atom stereocenters. The Hall–Kier alpha value is -1.02. The number of nitrogens with two attached hydrogens (primary N) is 1. The Morgan fingerprint density at radius 3 is 2.38 bits per heavy atom. The first-order valence-corrected chi connectivity index (χ1v) is 8.97. The van der Waals surface area contributed by atoms with Crippen LogP contribution < -0.4 is 5.73 Å². The highest BCUT2D eigenvalue weighted by Gasteiger charge is 2.29. The quantitative estimate of drug-likeness (QED) is 0.678. The predicted octanol–water partition coefficient (Wildman–Crippen LogP) is 0.551. The van der Waals surface area contributed by atoms with Gasteiger partial charge in [0.1, 0.15) is 4.99 Å². The Kier molecular flexibility index (Phi) is 5.32. The van der Waals surface area contributed by atoms with E-state index in [9.17, 15) is 8.42 Å². The average molecular weight is 328 g/mol. The van der Waals surface area contributed by atoms with Crippen LogP contribution in [0, 0.1) is 0 Å². The lowest BCUT2D eigenvalue weighted by Gasteiger charge is -2.20. The van der Waals surface area contributed by atoms with Gasteiger partial charge >= 0.3 is 0 Å². The van der Waals surface area contributed by atoms with Crippen LogP contribution >= 0.6 is 12.2 Å². The van der Waals surface area contributed by atoms with E-state index in [1.54, 1.807) is 12.1 Å². The summed E-state index contributed by atoms with van der Waals surface area (Å²) in [6, 6.07) is 6.77. The van der Waals surface area contributed by atoms with Gasteiger partial charge in [0.05, 0.1) is 17.3 Å². The number of aliphatic hydroxyl groups excluding tert-OH is 1. The zero-order chi connectivity index (χ0) is 15.5. The summed E-state index contributed by atoms with van der Waals surface area (Å²) in [7, 11) is -3.33. The zero-order valence-corrected chi connectivity index (χ0v) is 13.4. The normalized spacial score (nSPS) is 15.3. The number of nitrogens with zero attached hydrogens (tertiary/aromatic N) is 1. The van der Waals surface area contributed by atoms with E-state index in [-0.39, 0.29) is 22.2 Å². The van der Waals surface area contributed by atoms with Crippen molar-refractivity contribution in [2.24, 2.45) is 5.73 Å². The summed E-state index contributed by atoms with van der Waals surface area (Å²) >= 11 is 4.85. The third-order valence-electron chi connectivity index (χ3n) is 3.60. The Balaban J connectivity index is 2.01. The molecule has 0 spiro atoms. The van der Waals surface area contributed by atoms with Crippen LogP contribution in [-0.4, -0.2) is 54.9 Å². The van der Waals surface area contributed by atoms with Crippen LogP contribution in [0.3, 0.4) is 0 Å². The molecule has 1 saturated carbocycles. The van der Waals surface area contributed by atoms with Crippen molar-refractivity contribution in [2.45, 2.75) is 23.8 Å². The van der Waals surface area contributed by atoms with Gasteiger partial charge < -0.3 is 10.8 Å². The molecule has 21 heavy (non-hydrogen) atoms. The maximum atomic E-state index is 12.3. The fraction of sp³-hybridized carbons (Fsp3) is 0.500. The summed E-state index contributed by atoms with van der Waals surface area (Å²) in [5, 5.41) is 9.03. The van der Waals surface area contributed by atoms with Gasteiger partial charge in [-0.1, -0.05) is 24.4 Å². The molecule has 116 valence electrons. The molecule has 1 aromatic rings. The van der Waals surface area contributed by atoms with E-state index in [2.05, 4.69) is 0 Å². The molecule has 1 fully saturated rings. The summed E-state index contributed by atoms with van der Waals surface area (Å²) in [6.07, 6.45) is 2.17. The van der Waals surface area contributed by atoms with Crippen molar-refractivity contribution < 1.29 is 13.5 Å². The SMILES string of the molecule is NC(=S)c1ccc(S(=O)(=O)CCN(CCO)C2CC2)cc1. The summed E-state index contributed by atoms with van der Waals surface area (Å²) in [6.45, 7) is 1.03. The summed E-state index contributed by atoms with van der Waals surface area (Å²) in [4.78, 5) is 2.57. The topological polar surface area (TPSA) is 83.6 Å². The molecule has 0 amide bonds. The van der Waals surface area contributed by atoms with E-state index in [4.69, 9.17) is 23.1 Å². The summed E-state index contributed by atoms with van der Waals surface area (Å²) < 4.78 is 24.6. The number of rotatable bonds is 8. The van der Waals surface area contributed by atoms with Crippen molar-refractivity contribution in [3.8, 4) is 0 Å². The molecule has 2 rings (SSSR count). The van der Waals surface area contributed by atoms with Gasteiger partial charge in [0.25, 0.3) is 0 Å². The van der Waals surface area contributed by atoms with E-state index in [1.165, 1.54) is 12.1 Å². The van der Waals surface area contributed by atoms with E-state index < -0.39 is 9.84 Å². The molecule has 0 radical (unpaired) electrons. The van der Waals surface area contributed by atoms with Gasteiger partial charge in [-0.15, -0.1) is 0 Å². The van der Waals surface area contributed by atoms with Crippen molar-refractivity contribution in [3.63, 3.8) is 0 Å². The average Bonchev–Trinajstić information content (AvgIpc) is 3.28. The summed E-state index contributed by atoms with van der Waals surface area (Å²) in [5.74, 6) is 0.0515. The standard InChI is InChI=1S/C14H20N2O3S2/c15-14(20)11-1-5-13(6-2-11)21(18,19)10-8-16(7-9-17)12-3-4-12/h1-2,5-6,12,17H,3-4,7-10H2,(H2,15,20). The predicted molar refractivity (Wildman–Crippen MR) is 86.1 cm³/mol. The molecule has 3 N–H and O–H groups in total. The maximum Gasteiger partial charge on any atom is 0.179 e.